The molecule has 0 fully saturated rings. The Morgan fingerprint density at radius 2 is 0.473 bits per heavy atom. The van der Waals surface area contributed by atoms with E-state index in [1.54, 1.807) is 0 Å². The number of aromatic nitrogens is 4. The summed E-state index contributed by atoms with van der Waals surface area (Å²) in [6.07, 6.45) is 27.9. The molecular weight excluding hydrogens is 2540 g/mol. The maximum atomic E-state index is 11.7. The number of aliphatic hydroxyl groups is 4. The van der Waals surface area contributed by atoms with Gasteiger partial charge in [0, 0.05) is 177 Å². The number of hydrogen-bond acceptors (Lipinski definition) is 12. The fourth-order valence-corrected chi connectivity index (χ4v) is 17.5. The van der Waals surface area contributed by atoms with Crippen LogP contribution in [-0.4, -0.2) is 63.5 Å². The maximum Gasteiger partial charge on any atom is 0.162 e. The van der Waals surface area contributed by atoms with Crippen LogP contribution in [0, 0.1) is 151 Å². The van der Waals surface area contributed by atoms with Gasteiger partial charge in [-0.3, -0.25) is 19.2 Å². The van der Waals surface area contributed by atoms with Crippen LogP contribution < -0.4 is 0 Å². The van der Waals surface area contributed by atoms with Gasteiger partial charge in [-0.1, -0.05) is 294 Å². The number of benzene rings is 8. The molecule has 148 heavy (non-hydrogen) atoms. The summed E-state index contributed by atoms with van der Waals surface area (Å²) in [4.78, 5) is 64.7. The summed E-state index contributed by atoms with van der Waals surface area (Å²) in [5.74, 6) is 4.46. The first-order chi connectivity index (χ1) is 68.3. The first kappa shape index (κ1) is 137. The number of fused-ring (bicyclic) bond motifs is 4. The van der Waals surface area contributed by atoms with Crippen molar-refractivity contribution in [3.05, 3.63) is 309 Å². The topological polar surface area (TPSA) is 201 Å². The average Bonchev–Trinajstić information content (AvgIpc) is 0.802. The van der Waals surface area contributed by atoms with Crippen LogP contribution in [0.25, 0.3) is 88.1 Å². The number of ketones is 4. The minimum absolute atomic E-state index is 0. The van der Waals surface area contributed by atoms with Gasteiger partial charge in [0.15, 0.2) is 23.1 Å². The van der Waals surface area contributed by atoms with Crippen LogP contribution in [0.4, 0.5) is 0 Å². The van der Waals surface area contributed by atoms with Gasteiger partial charge in [-0.15, -0.1) is 140 Å². The molecule has 0 aliphatic rings. The van der Waals surface area contributed by atoms with Crippen LogP contribution in [0.15, 0.2) is 218 Å². The second-order valence-electron chi connectivity index (χ2n) is 41.4. The predicted molar refractivity (Wildman–Crippen MR) is 613 cm³/mol. The number of nitrogens with zero attached hydrogens (tertiary/aromatic N) is 4. The monoisotopic (exact) mass is 2720 g/mol. The van der Waals surface area contributed by atoms with Gasteiger partial charge in [0.2, 0.25) is 0 Å². The summed E-state index contributed by atoms with van der Waals surface area (Å²) in [5.41, 5.74) is 23.7. The van der Waals surface area contributed by atoms with Gasteiger partial charge in [0.05, 0.1) is 23.0 Å². The summed E-state index contributed by atoms with van der Waals surface area (Å²) in [5, 5.41) is 48.3. The molecule has 0 amide bonds. The molecule has 4 heterocycles. The molecule has 8 aromatic carbocycles. The fourth-order valence-electron chi connectivity index (χ4n) is 17.5. The van der Waals surface area contributed by atoms with Gasteiger partial charge >= 0.3 is 0 Å². The smallest absolute Gasteiger partial charge is 0.162 e. The molecule has 812 valence electrons. The van der Waals surface area contributed by atoms with Gasteiger partial charge in [-0.05, 0) is 239 Å². The first-order valence-electron chi connectivity index (χ1n) is 53.7. The fraction of sp³-hybridized carbons (Fsp3) is 0.455. The number of aryl methyl sites for hydroxylation is 8. The van der Waals surface area contributed by atoms with Gasteiger partial charge in [0.25, 0.3) is 0 Å². The van der Waals surface area contributed by atoms with Gasteiger partial charge in [-0.2, -0.15) is 0 Å². The largest absolute Gasteiger partial charge is 0.512 e. The van der Waals surface area contributed by atoms with E-state index in [1.807, 2.05) is 136 Å². The number of rotatable bonds is 36. The Labute approximate surface area is 947 Å². The Balaban J connectivity index is 0.000000851. The Morgan fingerprint density at radius 1 is 0.250 bits per heavy atom. The van der Waals surface area contributed by atoms with Gasteiger partial charge in [-0.25, -0.2) is 0 Å². The van der Waals surface area contributed by atoms with Crippen LogP contribution in [0.5, 0.6) is 0 Å². The van der Waals surface area contributed by atoms with E-state index in [9.17, 15) is 39.6 Å². The van der Waals surface area contributed by atoms with Crippen molar-refractivity contribution in [1.82, 2.24) is 19.9 Å². The molecule has 4 aromatic heterocycles. The third kappa shape index (κ3) is 45.8. The second-order valence-corrected chi connectivity index (χ2v) is 41.4. The summed E-state index contributed by atoms with van der Waals surface area (Å²) in [6, 6.07) is 66.4. The van der Waals surface area contributed by atoms with Crippen LogP contribution in [0.2, 0.25) is 0 Å². The summed E-state index contributed by atoms with van der Waals surface area (Å²) >= 11 is 0. The molecule has 4 N–H and O–H groups in total. The average molecular weight is 2720 g/mol. The Bertz CT molecular complexity index is 5750. The standard InChI is InChI=1S/4C21H22N.2C13H24O2.2C11H20O2.4Ir/c2*1-14(2)9-17-5-6-20-18(13-17)7-8-22-21(20)19-11-15(3)10-16(4)12-19;2*1-14(2)9-17-5-6-18-7-8-22-21(20(18)13-17)19-11-15(3)10-16(4)12-19;2*1-5-10(6-2)12(14)9-13(15)11(7-3)8-4;2*1-5-8(3)10(12)7-11(13)9(4)6-2;;;;/h4*5-8,10-11,13-14H,9H2,1-4H3;2*9-11,14H,5-8H2,1-4H3;2*7-9,12H,5-6H2,1-4H3;;;;/q4*-1;;;;;;;;. The molecule has 4 atom stereocenters. The number of allylic oxidation sites excluding steroid dienone is 8. The molecule has 0 spiro atoms. The molecule has 12 aromatic rings. The molecule has 0 saturated heterocycles. The maximum absolute atomic E-state index is 11.7. The number of pyridine rings is 4. The van der Waals surface area contributed by atoms with Crippen molar-refractivity contribution in [2.24, 2.45) is 71.0 Å². The third-order valence-electron chi connectivity index (χ3n) is 26.7. The summed E-state index contributed by atoms with van der Waals surface area (Å²) in [6.45, 7) is 66.5. The van der Waals surface area contributed by atoms with Crippen molar-refractivity contribution in [1.29, 1.82) is 0 Å². The normalized spacial score (nSPS) is 12.2. The zero-order chi connectivity index (χ0) is 107. The van der Waals surface area contributed by atoms with E-state index in [-0.39, 0.29) is 174 Å². The second kappa shape index (κ2) is 70.9. The minimum atomic E-state index is 0. The van der Waals surface area contributed by atoms with E-state index < -0.39 is 0 Å². The van der Waals surface area contributed by atoms with Crippen molar-refractivity contribution in [3.63, 3.8) is 0 Å². The van der Waals surface area contributed by atoms with Crippen LogP contribution in [-0.2, 0) is 125 Å². The van der Waals surface area contributed by atoms with Gasteiger partial charge in [0.1, 0.15) is 0 Å². The first-order valence-corrected chi connectivity index (χ1v) is 53.7. The van der Waals surface area contributed by atoms with Crippen molar-refractivity contribution >= 4 is 66.2 Å². The van der Waals surface area contributed by atoms with E-state index in [4.69, 9.17) is 0 Å². The third-order valence-corrected chi connectivity index (χ3v) is 26.7. The summed E-state index contributed by atoms with van der Waals surface area (Å²) < 4.78 is 0. The SMILES string of the molecule is CCC(C)C(=O)C=C(O)C(C)CC.CCC(C)C(=O)C=C(O)C(C)CC.CCC(CC)C(=O)C=C(O)C(CC)CC.CCC(CC)C(=O)C=C(O)C(CC)CC.Cc1[c-]c(-c2nccc3cc(CC(C)C)ccc23)cc(C)c1.Cc1[c-]c(-c2nccc3cc(CC(C)C)ccc23)cc(C)c1.Cc1[c-]c(-c2nccc3ccc(CC(C)C)cc23)cc(C)c1.Cc1[c-]c(-c2nccc3ccc(CC(C)C)cc23)cc(C)c1.[Ir].[Ir].[Ir].[Ir]. The molecule has 0 bridgehead atoms. The van der Waals surface area contributed by atoms with E-state index in [0.717, 1.165) is 170 Å². The van der Waals surface area contributed by atoms with E-state index in [0.29, 0.717) is 23.7 Å². The molecule has 16 heteroatoms. The Morgan fingerprint density at radius 3 is 0.703 bits per heavy atom. The van der Waals surface area contributed by atoms with Gasteiger partial charge < -0.3 is 40.4 Å². The predicted octanol–water partition coefficient (Wildman–Crippen LogP) is 36.0. The van der Waals surface area contributed by atoms with Crippen molar-refractivity contribution in [2.75, 3.05) is 0 Å². The number of carbonyl (C=O) groups is 4. The van der Waals surface area contributed by atoms with Crippen LogP contribution in [0.1, 0.15) is 310 Å². The molecular formula is C132H176Ir4N4O8-4. The van der Waals surface area contributed by atoms with E-state index in [1.165, 1.54) is 112 Å². The van der Waals surface area contributed by atoms with Crippen LogP contribution >= 0.6 is 0 Å². The minimum Gasteiger partial charge on any atom is -0.512 e. The molecule has 12 nitrogen and oxygen atoms in total. The van der Waals surface area contributed by atoms with Crippen molar-refractivity contribution < 1.29 is 120 Å². The van der Waals surface area contributed by atoms with E-state index in [2.05, 4.69) is 301 Å². The van der Waals surface area contributed by atoms with Crippen molar-refractivity contribution in [2.45, 2.75) is 324 Å². The quantitative estimate of drug-likeness (QED) is 0.0165. The number of hydrogen-bond donors (Lipinski definition) is 4. The molecule has 0 saturated carbocycles. The number of carbonyl (C=O) groups excluding carboxylic acids is 4. The molecule has 4 unspecified atom stereocenters. The van der Waals surface area contributed by atoms with Crippen molar-refractivity contribution in [3.8, 4) is 45.0 Å². The number of aliphatic hydroxyl groups excluding tert-OH is 4. The zero-order valence-corrected chi connectivity index (χ0v) is 105. The Kier molecular flexibility index (Phi) is 65.5. The van der Waals surface area contributed by atoms with Crippen LogP contribution in [0.3, 0.4) is 0 Å². The molecule has 12 rings (SSSR count). The summed E-state index contributed by atoms with van der Waals surface area (Å²) in [7, 11) is 0. The van der Waals surface area contributed by atoms with E-state index >= 15 is 0 Å². The molecule has 4 radical (unpaired) electrons. The molecule has 0 aliphatic carbocycles. The Hall–Kier alpha value is -9.16. The molecule has 0 aliphatic heterocycles. The zero-order valence-electron chi connectivity index (χ0n) is 95.3.